The van der Waals surface area contributed by atoms with Crippen molar-refractivity contribution < 1.29 is 29.3 Å². The molecule has 3 aromatic rings. The minimum absolute atomic E-state index is 0.0781. The molecule has 3 aliphatic rings. The number of halogens is 1. The van der Waals surface area contributed by atoms with E-state index in [0.717, 1.165) is 78.1 Å². The quantitative estimate of drug-likeness (QED) is 0.0493. The molecule has 2 aromatic carbocycles. The van der Waals surface area contributed by atoms with Crippen LogP contribution in [0.15, 0.2) is 96.8 Å². The fourth-order valence-corrected chi connectivity index (χ4v) is 8.67. The van der Waals surface area contributed by atoms with Crippen molar-refractivity contribution in [2.45, 2.75) is 82.1 Å². The Morgan fingerprint density at radius 2 is 1.79 bits per heavy atom. The molecule has 0 saturated heterocycles. The summed E-state index contributed by atoms with van der Waals surface area (Å²) in [6, 6.07) is 15.6. The van der Waals surface area contributed by atoms with Crippen LogP contribution in [-0.4, -0.2) is 69.0 Å². The first-order valence-corrected chi connectivity index (χ1v) is 19.5. The van der Waals surface area contributed by atoms with Crippen molar-refractivity contribution in [3.8, 4) is 11.5 Å². The third-order valence-corrected chi connectivity index (χ3v) is 11.0. The van der Waals surface area contributed by atoms with E-state index in [9.17, 15) is 10.2 Å². The number of benzene rings is 2. The predicted octanol–water partition coefficient (Wildman–Crippen LogP) is 7.72. The summed E-state index contributed by atoms with van der Waals surface area (Å²) < 4.78 is 22.4. The summed E-state index contributed by atoms with van der Waals surface area (Å²) in [5.74, 6) is 0.699. The molecule has 6 rings (SSSR count). The Labute approximate surface area is 318 Å². The number of aliphatic hydroxyl groups excluding tert-OH is 2. The summed E-state index contributed by atoms with van der Waals surface area (Å²) in [5, 5.41) is 33.6. The van der Waals surface area contributed by atoms with E-state index in [0.29, 0.717) is 38.4 Å². The minimum atomic E-state index is -1.21. The van der Waals surface area contributed by atoms with E-state index in [4.69, 9.17) is 35.8 Å². The second kappa shape index (κ2) is 18.9. The van der Waals surface area contributed by atoms with E-state index < -0.39 is 11.8 Å². The molecular weight excluding hydrogens is 692 g/mol. The van der Waals surface area contributed by atoms with Crippen LogP contribution in [0.5, 0.6) is 11.5 Å². The lowest BCUT2D eigenvalue weighted by Gasteiger charge is -2.58. The summed E-state index contributed by atoms with van der Waals surface area (Å²) in [4.78, 5) is 6.17. The number of unbranched alkanes of at least 4 members (excludes halogenated alkanes) is 2. The fourth-order valence-electron chi connectivity index (χ4n) is 8.54. The summed E-state index contributed by atoms with van der Waals surface area (Å²) in [6.07, 6.45) is 14.5. The van der Waals surface area contributed by atoms with Crippen LogP contribution in [-0.2, 0) is 22.6 Å². The van der Waals surface area contributed by atoms with Crippen LogP contribution in [0.3, 0.4) is 0 Å². The lowest BCUT2D eigenvalue weighted by atomic mass is 9.55. The second-order valence-corrected chi connectivity index (χ2v) is 14.5. The molecule has 53 heavy (non-hydrogen) atoms. The zero-order chi connectivity index (χ0) is 37.0. The Kier molecular flexibility index (Phi) is 13.8. The smallest absolute Gasteiger partial charge is 0.241 e. The highest BCUT2D eigenvalue weighted by Crippen LogP contribution is 2.63. The number of alkyl halides is 1. The number of aliphatic hydroxyl groups is 2. The maximum Gasteiger partial charge on any atom is 0.241 e. The molecule has 10 nitrogen and oxygen atoms in total. The van der Waals surface area contributed by atoms with E-state index in [2.05, 4.69) is 35.6 Å². The number of aryl methyl sites for hydroxylation is 1. The standard InChI is InChI=1S/C42H53ClN4O6/c1-3-23-50-33-18-19-38-36(26-33)40-34(17-9-11-22-49)31(15-8-10-21-48)25-35-37(45-52-29-30-13-6-5-7-14-30)27-39(42(53-38,41(35)40)51-24-4-2)47-32(16-12-20-43)28-44-46-47/h3-7,13-14,18-19,25-26,28,31,34,39-41,48-49H,1-2,8-12,15-17,20-24,27,29H2. The predicted molar refractivity (Wildman–Crippen MR) is 206 cm³/mol. The molecule has 2 N–H and O–H groups in total. The highest BCUT2D eigenvalue weighted by Gasteiger charge is 2.65. The molecular formula is C42H53ClN4O6. The van der Waals surface area contributed by atoms with Crippen molar-refractivity contribution >= 4 is 17.3 Å². The van der Waals surface area contributed by atoms with Gasteiger partial charge >= 0.3 is 0 Å². The lowest BCUT2D eigenvalue weighted by molar-refractivity contribution is -0.252. The molecule has 1 aromatic heterocycles. The molecule has 0 spiro atoms. The normalized spacial score (nSPS) is 25.2. The van der Waals surface area contributed by atoms with Crippen LogP contribution in [0.25, 0.3) is 0 Å². The Hall–Kier alpha value is -3.96. The van der Waals surface area contributed by atoms with Gasteiger partial charge in [-0.3, -0.25) is 0 Å². The lowest BCUT2D eigenvalue weighted by Crippen LogP contribution is -2.63. The number of ether oxygens (including phenoxy) is 3. The van der Waals surface area contributed by atoms with E-state index in [1.807, 2.05) is 47.1 Å². The van der Waals surface area contributed by atoms with E-state index in [1.54, 1.807) is 18.3 Å². The number of hydrogen-bond acceptors (Lipinski definition) is 9. The van der Waals surface area contributed by atoms with Crippen LogP contribution in [0.4, 0.5) is 0 Å². The molecule has 0 radical (unpaired) electrons. The first-order valence-electron chi connectivity index (χ1n) is 19.0. The van der Waals surface area contributed by atoms with Gasteiger partial charge in [-0.15, -0.1) is 23.3 Å². The van der Waals surface area contributed by atoms with E-state index >= 15 is 0 Å². The number of fused-ring (bicyclic) bond motifs is 2. The van der Waals surface area contributed by atoms with Crippen molar-refractivity contribution in [2.24, 2.45) is 22.9 Å². The summed E-state index contributed by atoms with van der Waals surface area (Å²) in [6.45, 7) is 9.12. The molecule has 1 fully saturated rings. The van der Waals surface area contributed by atoms with Gasteiger partial charge in [-0.05, 0) is 79.7 Å². The van der Waals surface area contributed by atoms with Crippen LogP contribution in [0.1, 0.15) is 80.1 Å². The van der Waals surface area contributed by atoms with Gasteiger partial charge in [0, 0.05) is 37.0 Å². The number of hydrogen-bond donors (Lipinski definition) is 2. The molecule has 2 heterocycles. The highest BCUT2D eigenvalue weighted by molar-refractivity contribution is 6.17. The SMILES string of the molecule is C=CCOc1ccc2c(c1)C1C(CCCCO)C(CCCCO)C=C3C(=NOCc4ccccc4)CC(n4nncc4CCCCl)C(OCC=C)(O2)C31. The molecule has 1 aliphatic heterocycles. The van der Waals surface area contributed by atoms with Crippen LogP contribution < -0.4 is 9.47 Å². The zero-order valence-electron chi connectivity index (χ0n) is 30.5. The molecule has 1 saturated carbocycles. The second-order valence-electron chi connectivity index (χ2n) is 14.1. The fraction of sp³-hybridized carbons (Fsp3) is 0.500. The highest BCUT2D eigenvalue weighted by atomic mass is 35.5. The van der Waals surface area contributed by atoms with Gasteiger partial charge in [0.1, 0.15) is 30.8 Å². The van der Waals surface area contributed by atoms with Gasteiger partial charge < -0.3 is 29.3 Å². The maximum atomic E-state index is 9.87. The van der Waals surface area contributed by atoms with Gasteiger partial charge in [0.2, 0.25) is 5.79 Å². The number of aromatic nitrogens is 3. The van der Waals surface area contributed by atoms with Crippen LogP contribution in [0, 0.1) is 17.8 Å². The Bertz CT molecular complexity index is 1710. The summed E-state index contributed by atoms with van der Waals surface area (Å²) >= 11 is 6.19. The van der Waals surface area contributed by atoms with E-state index in [-0.39, 0.29) is 43.5 Å². The van der Waals surface area contributed by atoms with Crippen molar-refractivity contribution in [1.82, 2.24) is 15.0 Å². The number of allylic oxidation sites excluding steroid dienone is 1. The third kappa shape index (κ3) is 8.56. The Morgan fingerprint density at radius 1 is 1.00 bits per heavy atom. The average molecular weight is 745 g/mol. The maximum absolute atomic E-state index is 9.87. The number of oxime groups is 1. The molecule has 0 bridgehead atoms. The molecule has 6 unspecified atom stereocenters. The summed E-state index contributed by atoms with van der Waals surface area (Å²) in [7, 11) is 0. The summed E-state index contributed by atoms with van der Waals surface area (Å²) in [5.41, 5.74) is 4.87. The molecule has 11 heteroatoms. The van der Waals surface area contributed by atoms with Gasteiger partial charge in [-0.25, -0.2) is 4.68 Å². The Balaban J connectivity index is 1.57. The van der Waals surface area contributed by atoms with Gasteiger partial charge in [0.15, 0.2) is 0 Å². The van der Waals surface area contributed by atoms with Crippen molar-refractivity contribution in [3.63, 3.8) is 0 Å². The zero-order valence-corrected chi connectivity index (χ0v) is 31.3. The minimum Gasteiger partial charge on any atom is -0.490 e. The van der Waals surface area contributed by atoms with Gasteiger partial charge in [-0.2, -0.15) is 0 Å². The van der Waals surface area contributed by atoms with Crippen molar-refractivity contribution in [1.29, 1.82) is 0 Å². The first-order chi connectivity index (χ1) is 26.1. The topological polar surface area (TPSA) is 120 Å². The van der Waals surface area contributed by atoms with Crippen molar-refractivity contribution in [2.75, 3.05) is 32.3 Å². The average Bonchev–Trinajstić information content (AvgIpc) is 3.65. The van der Waals surface area contributed by atoms with Crippen LogP contribution >= 0.6 is 11.6 Å². The largest absolute Gasteiger partial charge is 0.490 e. The van der Waals surface area contributed by atoms with E-state index in [1.165, 1.54) is 0 Å². The number of rotatable bonds is 21. The van der Waals surface area contributed by atoms with Crippen LogP contribution in [0.2, 0.25) is 0 Å². The van der Waals surface area contributed by atoms with Gasteiger partial charge in [0.25, 0.3) is 0 Å². The Morgan fingerprint density at radius 3 is 2.55 bits per heavy atom. The van der Waals surface area contributed by atoms with Gasteiger partial charge in [-0.1, -0.05) is 78.3 Å². The van der Waals surface area contributed by atoms with Gasteiger partial charge in [0.05, 0.1) is 30.1 Å². The third-order valence-electron chi connectivity index (χ3n) is 10.8. The monoisotopic (exact) mass is 744 g/mol. The molecule has 2 aliphatic carbocycles. The molecule has 6 atom stereocenters. The number of nitrogens with zero attached hydrogens (tertiary/aromatic N) is 4. The molecule has 284 valence electrons. The first kappa shape index (κ1) is 38.8. The molecule has 0 amide bonds. The van der Waals surface area contributed by atoms with Crippen molar-refractivity contribution in [3.05, 3.63) is 109 Å².